The average molecular weight is 1600 g/mol. The van der Waals surface area contributed by atoms with E-state index in [0.717, 1.165) is 20.8 Å². The smallest absolute Gasteiger partial charge is 0.217 e. The van der Waals surface area contributed by atoms with Gasteiger partial charge in [0.15, 0.2) is 56.6 Å². The van der Waals surface area contributed by atoms with Crippen molar-refractivity contribution in [3.8, 4) is 0 Å². The zero-order valence-corrected chi connectivity index (χ0v) is 58.1. The summed E-state index contributed by atoms with van der Waals surface area (Å²) < 4.78 is 99.4. The number of ether oxygens (including phenoxy) is 17. The summed E-state index contributed by atoms with van der Waals surface area (Å²) in [4.78, 5) is 38.0. The summed E-state index contributed by atoms with van der Waals surface area (Å²) in [5.74, 6) is -2.69. The Morgan fingerprint density at radius 2 is 0.495 bits per heavy atom. The third-order valence-corrected chi connectivity index (χ3v) is 19.9. The number of hydrogen-bond acceptors (Lipinski definition) is 46. The van der Waals surface area contributed by atoms with E-state index < -0.39 is 353 Å². The minimum atomic E-state index is -2.57. The van der Waals surface area contributed by atoms with Crippen molar-refractivity contribution in [3.63, 3.8) is 0 Å². The van der Waals surface area contributed by atoms with Gasteiger partial charge in [-0.15, -0.1) is 0 Å². The summed E-state index contributed by atoms with van der Waals surface area (Å²) in [7, 11) is 0. The van der Waals surface area contributed by atoms with Crippen molar-refractivity contribution < 1.29 is 228 Å². The topological polar surface area (TPSA) is 770 Å². The number of carbonyl (C=O) groups is 3. The third-order valence-electron chi connectivity index (χ3n) is 19.9. The molecule has 9 saturated heterocycles. The van der Waals surface area contributed by atoms with E-state index in [9.17, 15) is 147 Å². The van der Waals surface area contributed by atoms with E-state index >= 15 is 0 Å². The van der Waals surface area contributed by atoms with Crippen LogP contribution in [0.15, 0.2) is 0 Å². The van der Waals surface area contributed by atoms with Crippen molar-refractivity contribution in [1.29, 1.82) is 0 Å². The monoisotopic (exact) mass is 1600 g/mol. The Kier molecular flexibility index (Phi) is 32.1. The Morgan fingerprint density at radius 1 is 0.239 bits per heavy atom. The first-order valence-electron chi connectivity index (χ1n) is 34.6. The molecule has 9 aliphatic rings. The van der Waals surface area contributed by atoms with Gasteiger partial charge in [0.25, 0.3) is 0 Å². The molecule has 0 spiro atoms. The Balaban J connectivity index is 1.05. The zero-order valence-electron chi connectivity index (χ0n) is 58.1. The van der Waals surface area contributed by atoms with E-state index in [-0.39, 0.29) is 0 Å². The van der Waals surface area contributed by atoms with E-state index in [1.54, 1.807) is 0 Å². The number of carbonyl (C=O) groups excluding carboxylic acids is 3. The molecule has 9 aliphatic heterocycles. The first-order valence-corrected chi connectivity index (χ1v) is 34.6. The molecule has 9 heterocycles. The molecule has 9 rings (SSSR count). The summed E-state index contributed by atoms with van der Waals surface area (Å²) in [5, 5.41) is 294. The molecule has 49 heteroatoms. The molecular weight excluding hydrogens is 1500 g/mol. The molecule has 109 heavy (non-hydrogen) atoms. The molecule has 49 nitrogen and oxygen atoms in total. The highest BCUT2D eigenvalue weighted by molar-refractivity contribution is 5.74. The van der Waals surface area contributed by atoms with Crippen molar-refractivity contribution >= 4 is 17.7 Å². The molecule has 29 N–H and O–H groups in total. The van der Waals surface area contributed by atoms with Gasteiger partial charge in [-0.2, -0.15) is 0 Å². The number of nitrogens with one attached hydrogen (secondary N) is 3. The molecular formula is C60H101N3O46. The first kappa shape index (κ1) is 89.6. The van der Waals surface area contributed by atoms with Gasteiger partial charge in [0.1, 0.15) is 220 Å². The second-order valence-electron chi connectivity index (χ2n) is 27.5. The van der Waals surface area contributed by atoms with Crippen LogP contribution < -0.4 is 16.0 Å². The molecule has 0 saturated carbocycles. The second kappa shape index (κ2) is 39.1. The quantitative estimate of drug-likeness (QED) is 0.0346. The average Bonchev–Trinajstić information content (AvgIpc) is 0.769. The number of aliphatic hydroxyl groups excluding tert-OH is 26. The number of hydrogen-bond donors (Lipinski definition) is 29. The SMILES string of the molecule is CC(=O)N[C@@H]1[C@H](O[C@H]2[C@@H](O)[C@H](NC(C)=O)[C@H](O)O[C@@H]2CO)O[C@H](CO)[C@@H](O[C@@H]2O[C@H](CO[C@@H]3O[C@@H](CO[C@@H]4O[C@@H](CO)[C@H](O)[C@H](O)[C@@H]4O)[C@H](O)[C@H](O[C@@H]4O[C@@H](CO)[C@H](O)[C@H](O)[C@@H]4O)[C@@H]3O)[C@H](O)[C@H](O[C@@H]3O[C@@H](CO)[C@H](O)[C@H](O)[C@@H]3O[C@H]3O[C@@H](CO)[C@H](O[C@H]4O[C@@H](CO)[C@@H](O)[C@H](O)[C@H]4O)[C@H](O)[C@H]3NC(C)=O)[C@H]2O)[C@H]1O. The highest BCUT2D eigenvalue weighted by Crippen LogP contribution is 2.40. The van der Waals surface area contributed by atoms with Crippen LogP contribution in [0.25, 0.3) is 0 Å². The van der Waals surface area contributed by atoms with Crippen molar-refractivity contribution in [1.82, 2.24) is 16.0 Å². The predicted molar refractivity (Wildman–Crippen MR) is 332 cm³/mol. The van der Waals surface area contributed by atoms with Crippen molar-refractivity contribution in [2.45, 2.75) is 297 Å². The lowest BCUT2D eigenvalue weighted by Gasteiger charge is -2.51. The molecule has 0 aromatic rings. The van der Waals surface area contributed by atoms with Crippen molar-refractivity contribution in [2.24, 2.45) is 0 Å². The van der Waals surface area contributed by atoms with E-state index in [1.807, 2.05) is 0 Å². The van der Waals surface area contributed by atoms with E-state index in [2.05, 4.69) is 16.0 Å². The van der Waals surface area contributed by atoms with Gasteiger partial charge in [-0.1, -0.05) is 0 Å². The highest BCUT2D eigenvalue weighted by Gasteiger charge is 2.61. The third kappa shape index (κ3) is 19.7. The minimum Gasteiger partial charge on any atom is -0.394 e. The molecule has 0 bridgehead atoms. The molecule has 9 fully saturated rings. The van der Waals surface area contributed by atoms with Crippen molar-refractivity contribution in [2.75, 3.05) is 59.5 Å². The van der Waals surface area contributed by atoms with Crippen LogP contribution in [0.4, 0.5) is 0 Å². The Labute approximate surface area is 616 Å². The van der Waals surface area contributed by atoms with Gasteiger partial charge in [-0.3, -0.25) is 14.4 Å². The molecule has 0 unspecified atom stereocenters. The normalized spacial score (nSPS) is 50.0. The molecule has 0 radical (unpaired) electrons. The molecule has 632 valence electrons. The van der Waals surface area contributed by atoms with Crippen LogP contribution >= 0.6 is 0 Å². The second-order valence-corrected chi connectivity index (χ2v) is 27.5. The van der Waals surface area contributed by atoms with Gasteiger partial charge in [0.05, 0.1) is 59.5 Å². The number of amides is 3. The van der Waals surface area contributed by atoms with E-state index in [0.29, 0.717) is 0 Å². The van der Waals surface area contributed by atoms with Crippen LogP contribution in [0.3, 0.4) is 0 Å². The minimum absolute atomic E-state index is 0.787. The first-order chi connectivity index (χ1) is 51.6. The fourth-order valence-electron chi connectivity index (χ4n) is 14.0. The van der Waals surface area contributed by atoms with Gasteiger partial charge < -0.3 is 229 Å². The lowest BCUT2D eigenvalue weighted by molar-refractivity contribution is -0.398. The summed E-state index contributed by atoms with van der Waals surface area (Å²) >= 11 is 0. The lowest BCUT2D eigenvalue weighted by atomic mass is 9.93. The number of rotatable bonds is 28. The van der Waals surface area contributed by atoms with E-state index in [4.69, 9.17) is 80.5 Å². The maximum atomic E-state index is 13.0. The molecule has 0 aliphatic carbocycles. The Bertz CT molecular complexity index is 2840. The van der Waals surface area contributed by atoms with Crippen molar-refractivity contribution in [3.05, 3.63) is 0 Å². The van der Waals surface area contributed by atoms with Crippen LogP contribution in [-0.4, -0.2) is 486 Å². The van der Waals surface area contributed by atoms with Crippen LogP contribution in [0.2, 0.25) is 0 Å². The Hall–Kier alpha value is -3.31. The maximum absolute atomic E-state index is 13.0. The van der Waals surface area contributed by atoms with Crippen LogP contribution in [0, 0.1) is 0 Å². The molecule has 0 aromatic heterocycles. The van der Waals surface area contributed by atoms with Gasteiger partial charge in [0, 0.05) is 20.8 Å². The standard InChI is InChI=1S/C60H101N3O46/c1-13(71)61-25-34(80)46(20(8-68)95-52(25)92)104-53-26(62-14(2)72)35(81)48(22(10-70)100-53)106-59-45(91)50(108-60-51(40(86)31(77)19(7-67)99-60)109-54-27(63-15(3)73)36(82)47(21(9-69)101-54)105-57-42(88)38(84)29(75)17(5-65)97-57)33(79)24(103-59)12-94-56-44(90)49(107-58-43(89)39(85)30(76)18(6-66)98-58)32(78)23(102-56)11-93-55-41(87)37(83)28(74)16(4-64)96-55/h16-60,64-70,74-92H,4-12H2,1-3H3,(H,61,71)(H,62,72)(H,63,73)/t16-,17-,18-,19-,20+,21-,22+,23-,24+,25-,26-,27+,28-,29+,30-,31-,32-,33-,34-,35-,36+,37-,38-,39-,40-,41-,42+,43-,44-,45+,46+,47-,48+,49-,50-,51-,52+,53-,54+,55+,56+,57+,58-,59-,60-/m0/s1. The van der Waals surface area contributed by atoms with E-state index in [1.165, 1.54) is 0 Å². The Morgan fingerprint density at radius 3 is 0.890 bits per heavy atom. The van der Waals surface area contributed by atoms with Crippen LogP contribution in [0.5, 0.6) is 0 Å². The van der Waals surface area contributed by atoms with Crippen LogP contribution in [-0.2, 0) is 94.9 Å². The fraction of sp³-hybridized carbons (Fsp3) is 0.950. The molecule has 0 aromatic carbocycles. The van der Waals surface area contributed by atoms with Gasteiger partial charge in [-0.05, 0) is 0 Å². The summed E-state index contributed by atoms with van der Waals surface area (Å²) in [6, 6.07) is -5.52. The highest BCUT2D eigenvalue weighted by atomic mass is 16.8. The maximum Gasteiger partial charge on any atom is 0.217 e. The summed E-state index contributed by atoms with van der Waals surface area (Å²) in [6.07, 6.45) is -87.5. The van der Waals surface area contributed by atoms with Gasteiger partial charge in [0.2, 0.25) is 17.7 Å². The van der Waals surface area contributed by atoms with Gasteiger partial charge >= 0.3 is 0 Å². The number of aliphatic hydroxyl groups is 26. The molecule has 45 atom stereocenters. The van der Waals surface area contributed by atoms with Gasteiger partial charge in [-0.25, -0.2) is 0 Å². The molecule has 3 amide bonds. The van der Waals surface area contributed by atoms with Crippen LogP contribution in [0.1, 0.15) is 20.8 Å². The lowest BCUT2D eigenvalue weighted by Crippen LogP contribution is -2.71. The zero-order chi connectivity index (χ0) is 80.2. The predicted octanol–water partition coefficient (Wildman–Crippen LogP) is -20.2. The fourth-order valence-corrected chi connectivity index (χ4v) is 14.0. The largest absolute Gasteiger partial charge is 0.394 e. The summed E-state index contributed by atoms with van der Waals surface area (Å²) in [5.41, 5.74) is 0. The summed E-state index contributed by atoms with van der Waals surface area (Å²) in [6.45, 7) is -6.75.